The molecular weight excluding hydrogens is 307 g/mol. The molecule has 0 aromatic heterocycles. The second-order valence-electron chi connectivity index (χ2n) is 6.18. The highest BCUT2D eigenvalue weighted by Crippen LogP contribution is 2.36. The van der Waals surface area contributed by atoms with Gasteiger partial charge in [-0.2, -0.15) is 0 Å². The Labute approximate surface area is 137 Å². The molecule has 0 N–H and O–H groups in total. The van der Waals surface area contributed by atoms with Gasteiger partial charge in [-0.3, -0.25) is 0 Å². The first-order valence-electron chi connectivity index (χ1n) is 8.16. The fourth-order valence-corrected chi connectivity index (χ4v) is 3.55. The molecule has 0 aliphatic carbocycles. The van der Waals surface area contributed by atoms with Crippen LogP contribution in [-0.2, 0) is 4.74 Å². The summed E-state index contributed by atoms with van der Waals surface area (Å²) in [5.41, 5.74) is -1.42. The summed E-state index contributed by atoms with van der Waals surface area (Å²) >= 11 is 5.80. The molecule has 0 bridgehead atoms. The van der Waals surface area contributed by atoms with Crippen molar-refractivity contribution in [3.63, 3.8) is 0 Å². The van der Waals surface area contributed by atoms with Gasteiger partial charge in [0.2, 0.25) is 0 Å². The van der Waals surface area contributed by atoms with E-state index in [4.69, 9.17) is 16.3 Å². The van der Waals surface area contributed by atoms with Gasteiger partial charge in [0.1, 0.15) is 5.67 Å². The van der Waals surface area contributed by atoms with Crippen molar-refractivity contribution in [1.82, 2.24) is 9.80 Å². The van der Waals surface area contributed by atoms with Crippen molar-refractivity contribution in [2.45, 2.75) is 50.7 Å². The SMILES string of the molecule is C=C(Cl)C1(F)CCN(C2CCCN(C(=O)OCC)CC2)CC1. The number of piperidine rings is 1. The third-order valence-electron chi connectivity index (χ3n) is 4.82. The molecule has 0 radical (unpaired) electrons. The molecule has 22 heavy (non-hydrogen) atoms. The maximum atomic E-state index is 14.4. The van der Waals surface area contributed by atoms with Crippen LogP contribution in [-0.4, -0.2) is 60.4 Å². The van der Waals surface area contributed by atoms with Crippen LogP contribution in [0.5, 0.6) is 0 Å². The Kier molecular flexibility index (Phi) is 6.09. The summed E-state index contributed by atoms with van der Waals surface area (Å²) < 4.78 is 19.5. The number of likely N-dealkylation sites (tertiary alicyclic amines) is 2. The summed E-state index contributed by atoms with van der Waals surface area (Å²) in [7, 11) is 0. The fraction of sp³-hybridized carbons (Fsp3) is 0.812. The Hall–Kier alpha value is -0.810. The molecule has 1 amide bonds. The van der Waals surface area contributed by atoms with Gasteiger partial charge in [-0.25, -0.2) is 9.18 Å². The van der Waals surface area contributed by atoms with Gasteiger partial charge in [-0.15, -0.1) is 0 Å². The summed E-state index contributed by atoms with van der Waals surface area (Å²) in [6, 6.07) is 0.410. The number of halogens is 2. The molecule has 1 atom stereocenters. The predicted octanol–water partition coefficient (Wildman–Crippen LogP) is 3.55. The van der Waals surface area contributed by atoms with Gasteiger partial charge < -0.3 is 14.5 Å². The first-order valence-corrected chi connectivity index (χ1v) is 8.53. The van der Waals surface area contributed by atoms with Crippen LogP contribution in [0.4, 0.5) is 9.18 Å². The third kappa shape index (κ3) is 4.13. The van der Waals surface area contributed by atoms with Crippen LogP contribution in [0, 0.1) is 0 Å². The number of nitrogens with zero attached hydrogens (tertiary/aromatic N) is 2. The summed E-state index contributed by atoms with van der Waals surface area (Å²) in [5.74, 6) is 0. The lowest BCUT2D eigenvalue weighted by molar-refractivity contribution is 0.0618. The highest BCUT2D eigenvalue weighted by Gasteiger charge is 2.38. The molecule has 126 valence electrons. The maximum absolute atomic E-state index is 14.4. The van der Waals surface area contributed by atoms with E-state index < -0.39 is 5.67 Å². The minimum absolute atomic E-state index is 0.126. The molecular formula is C16H26ClFN2O2. The molecule has 2 aliphatic rings. The average molecular weight is 333 g/mol. The third-order valence-corrected chi connectivity index (χ3v) is 5.16. The van der Waals surface area contributed by atoms with E-state index in [9.17, 15) is 9.18 Å². The zero-order valence-corrected chi connectivity index (χ0v) is 14.1. The van der Waals surface area contributed by atoms with E-state index in [-0.39, 0.29) is 11.1 Å². The van der Waals surface area contributed by atoms with Crippen LogP contribution in [0.1, 0.15) is 39.0 Å². The molecule has 0 saturated carbocycles. The Bertz CT molecular complexity index is 411. The van der Waals surface area contributed by atoms with Crippen LogP contribution in [0.15, 0.2) is 11.6 Å². The van der Waals surface area contributed by atoms with E-state index in [1.54, 1.807) is 4.90 Å². The highest BCUT2D eigenvalue weighted by atomic mass is 35.5. The Morgan fingerprint density at radius 3 is 2.59 bits per heavy atom. The fourth-order valence-electron chi connectivity index (χ4n) is 3.36. The van der Waals surface area contributed by atoms with Gasteiger partial charge in [0, 0.05) is 37.3 Å². The lowest BCUT2D eigenvalue weighted by Gasteiger charge is -2.40. The standard InChI is InChI=1S/C16H26ClFN2O2/c1-3-22-15(21)20-9-4-5-14(6-10-20)19-11-7-16(18,8-12-19)13(2)17/h14H,2-12H2,1H3. The Morgan fingerprint density at radius 2 is 2.00 bits per heavy atom. The number of amides is 1. The molecule has 0 spiro atoms. The van der Waals surface area contributed by atoms with E-state index in [1.165, 1.54) is 0 Å². The van der Waals surface area contributed by atoms with Crippen molar-refractivity contribution in [1.29, 1.82) is 0 Å². The number of alkyl halides is 1. The summed E-state index contributed by atoms with van der Waals surface area (Å²) in [6.07, 6.45) is 3.52. The number of allylic oxidation sites excluding steroid dienone is 1. The van der Waals surface area contributed by atoms with E-state index in [2.05, 4.69) is 11.5 Å². The lowest BCUT2D eigenvalue weighted by Crippen LogP contribution is -2.47. The summed E-state index contributed by atoms with van der Waals surface area (Å²) in [5, 5.41) is 0.126. The average Bonchev–Trinajstić information content (AvgIpc) is 2.74. The molecule has 6 heteroatoms. The number of hydrogen-bond donors (Lipinski definition) is 0. The number of carbonyl (C=O) groups is 1. The largest absolute Gasteiger partial charge is 0.450 e. The van der Waals surface area contributed by atoms with Crippen molar-refractivity contribution in [3.8, 4) is 0 Å². The number of hydrogen-bond acceptors (Lipinski definition) is 3. The maximum Gasteiger partial charge on any atom is 0.409 e. The molecule has 2 heterocycles. The topological polar surface area (TPSA) is 32.8 Å². The molecule has 0 aromatic carbocycles. The molecule has 2 aliphatic heterocycles. The van der Waals surface area contributed by atoms with E-state index >= 15 is 0 Å². The normalized spacial score (nSPS) is 26.3. The van der Waals surface area contributed by atoms with Crippen molar-refractivity contribution < 1.29 is 13.9 Å². The Balaban J connectivity index is 1.85. The van der Waals surface area contributed by atoms with Crippen LogP contribution >= 0.6 is 11.6 Å². The molecule has 1 unspecified atom stereocenters. The van der Waals surface area contributed by atoms with Gasteiger partial charge in [-0.05, 0) is 39.0 Å². The van der Waals surface area contributed by atoms with Gasteiger partial charge >= 0.3 is 6.09 Å². The molecule has 0 aromatic rings. The zero-order valence-electron chi connectivity index (χ0n) is 13.3. The van der Waals surface area contributed by atoms with Crippen LogP contribution in [0.25, 0.3) is 0 Å². The minimum atomic E-state index is -1.42. The van der Waals surface area contributed by atoms with Crippen molar-refractivity contribution >= 4 is 17.7 Å². The molecule has 4 nitrogen and oxygen atoms in total. The predicted molar refractivity (Wildman–Crippen MR) is 85.9 cm³/mol. The number of rotatable bonds is 3. The second-order valence-corrected chi connectivity index (χ2v) is 6.63. The first-order chi connectivity index (χ1) is 10.5. The van der Waals surface area contributed by atoms with Crippen molar-refractivity contribution in [2.75, 3.05) is 32.8 Å². The second kappa shape index (κ2) is 7.64. The quantitative estimate of drug-likeness (QED) is 0.792. The molecule has 2 fully saturated rings. The summed E-state index contributed by atoms with van der Waals surface area (Å²) in [4.78, 5) is 15.9. The highest BCUT2D eigenvalue weighted by molar-refractivity contribution is 6.30. The van der Waals surface area contributed by atoms with Crippen molar-refractivity contribution in [3.05, 3.63) is 11.6 Å². The smallest absolute Gasteiger partial charge is 0.409 e. The number of ether oxygens (including phenoxy) is 1. The lowest BCUT2D eigenvalue weighted by atomic mass is 9.91. The van der Waals surface area contributed by atoms with E-state index in [1.807, 2.05) is 6.92 Å². The zero-order chi connectivity index (χ0) is 16.2. The molecule has 2 rings (SSSR count). The number of carbonyl (C=O) groups excluding carboxylic acids is 1. The van der Waals surface area contributed by atoms with Gasteiger partial charge in [-0.1, -0.05) is 18.2 Å². The van der Waals surface area contributed by atoms with E-state index in [0.717, 1.165) is 25.8 Å². The minimum Gasteiger partial charge on any atom is -0.450 e. The van der Waals surface area contributed by atoms with Crippen LogP contribution < -0.4 is 0 Å². The first kappa shape index (κ1) is 17.5. The summed E-state index contributed by atoms with van der Waals surface area (Å²) in [6.45, 7) is 8.65. The van der Waals surface area contributed by atoms with E-state index in [0.29, 0.717) is 45.1 Å². The Morgan fingerprint density at radius 1 is 1.32 bits per heavy atom. The van der Waals surface area contributed by atoms with Gasteiger partial charge in [0.15, 0.2) is 0 Å². The van der Waals surface area contributed by atoms with Crippen molar-refractivity contribution in [2.24, 2.45) is 0 Å². The van der Waals surface area contributed by atoms with Crippen LogP contribution in [0.3, 0.4) is 0 Å². The monoisotopic (exact) mass is 332 g/mol. The molecule has 2 saturated heterocycles. The van der Waals surface area contributed by atoms with Gasteiger partial charge in [0.05, 0.1) is 6.61 Å². The van der Waals surface area contributed by atoms with Crippen LogP contribution in [0.2, 0.25) is 0 Å². The van der Waals surface area contributed by atoms with Gasteiger partial charge in [0.25, 0.3) is 0 Å².